The molecule has 1 atom stereocenters. The van der Waals surface area contributed by atoms with Crippen LogP contribution in [0.3, 0.4) is 0 Å². The van der Waals surface area contributed by atoms with E-state index in [0.29, 0.717) is 43.2 Å². The quantitative estimate of drug-likeness (QED) is 0.444. The number of carboxylic acid groups (broad SMARTS) is 1. The smallest absolute Gasteiger partial charge is 0.306 e. The fourth-order valence-corrected chi connectivity index (χ4v) is 3.31. The van der Waals surface area contributed by atoms with E-state index in [2.05, 4.69) is 15.2 Å². The molecule has 3 rings (SSSR count). The Balaban J connectivity index is 1.86. The van der Waals surface area contributed by atoms with Crippen molar-refractivity contribution in [1.82, 2.24) is 20.0 Å². The molecule has 1 aliphatic rings. The second kappa shape index (κ2) is 8.86. The van der Waals surface area contributed by atoms with Gasteiger partial charge in [-0.25, -0.2) is 9.67 Å². The average molecular weight is 403 g/mol. The van der Waals surface area contributed by atoms with Crippen molar-refractivity contribution >= 4 is 17.7 Å². The molecule has 0 radical (unpaired) electrons. The van der Waals surface area contributed by atoms with Crippen molar-refractivity contribution in [3.63, 3.8) is 0 Å². The summed E-state index contributed by atoms with van der Waals surface area (Å²) in [6.45, 7) is 3.73. The maximum Gasteiger partial charge on any atom is 0.306 e. The van der Waals surface area contributed by atoms with E-state index in [1.807, 2.05) is 19.1 Å². The van der Waals surface area contributed by atoms with Gasteiger partial charge in [-0.3, -0.25) is 10.2 Å². The van der Waals surface area contributed by atoms with Gasteiger partial charge in [0, 0.05) is 20.1 Å². The molecule has 2 aromatic rings. The molecule has 0 spiro atoms. The monoisotopic (exact) mass is 403 g/mol. The van der Waals surface area contributed by atoms with E-state index in [-0.39, 0.29) is 25.2 Å². The Labute approximate surface area is 167 Å². The predicted molar refractivity (Wildman–Crippen MR) is 105 cm³/mol. The predicted octanol–water partition coefficient (Wildman–Crippen LogP) is 0.529. The maximum absolute atomic E-state index is 11.0. The molecule has 11 nitrogen and oxygen atoms in total. The molecule has 0 aromatic carbocycles. The van der Waals surface area contributed by atoms with Crippen LogP contribution in [-0.4, -0.2) is 62.9 Å². The lowest BCUT2D eigenvalue weighted by atomic mass is 10.1. The highest BCUT2D eigenvalue weighted by Crippen LogP contribution is 2.27. The summed E-state index contributed by atoms with van der Waals surface area (Å²) in [6, 6.07) is 3.45. The molecule has 2 aromatic heterocycles. The Morgan fingerprint density at radius 3 is 2.97 bits per heavy atom. The highest BCUT2D eigenvalue weighted by atomic mass is 16.5. The van der Waals surface area contributed by atoms with E-state index >= 15 is 0 Å². The summed E-state index contributed by atoms with van der Waals surface area (Å²) in [6.07, 6.45) is 0.327. The number of pyridine rings is 1. The maximum atomic E-state index is 11.0. The van der Waals surface area contributed by atoms with Crippen molar-refractivity contribution in [2.45, 2.75) is 32.5 Å². The van der Waals surface area contributed by atoms with E-state index in [0.717, 1.165) is 11.4 Å². The first-order valence-corrected chi connectivity index (χ1v) is 9.33. The summed E-state index contributed by atoms with van der Waals surface area (Å²) in [5.74, 6) is -0.871. The number of hydrogen-bond acceptors (Lipinski definition) is 8. The zero-order valence-corrected chi connectivity index (χ0v) is 16.5. The number of amidine groups is 1. The number of morpholine rings is 1. The van der Waals surface area contributed by atoms with Gasteiger partial charge in [0.2, 0.25) is 0 Å². The summed E-state index contributed by atoms with van der Waals surface area (Å²) in [5, 5.41) is 24.5. The minimum Gasteiger partial charge on any atom is -0.481 e. The minimum absolute atomic E-state index is 0.0252. The molecular formula is C18H25N7O4. The summed E-state index contributed by atoms with van der Waals surface area (Å²) in [7, 11) is 1.74. The largest absolute Gasteiger partial charge is 0.481 e. The van der Waals surface area contributed by atoms with Gasteiger partial charge in [0.05, 0.1) is 36.2 Å². The van der Waals surface area contributed by atoms with Gasteiger partial charge in [-0.05, 0) is 18.6 Å². The number of aryl methyl sites for hydroxylation is 2. The molecule has 1 aliphatic heterocycles. The van der Waals surface area contributed by atoms with E-state index in [4.69, 9.17) is 30.7 Å². The molecule has 0 amide bonds. The van der Waals surface area contributed by atoms with E-state index < -0.39 is 5.97 Å². The van der Waals surface area contributed by atoms with Gasteiger partial charge < -0.3 is 25.2 Å². The second-order valence-electron chi connectivity index (χ2n) is 6.71. The van der Waals surface area contributed by atoms with Crippen LogP contribution >= 0.6 is 0 Å². The van der Waals surface area contributed by atoms with Gasteiger partial charge in [-0.1, -0.05) is 12.1 Å². The van der Waals surface area contributed by atoms with Crippen LogP contribution in [0.25, 0.3) is 11.4 Å². The number of nitrogens with zero attached hydrogens (tertiary/aromatic N) is 5. The van der Waals surface area contributed by atoms with Crippen LogP contribution in [0.1, 0.15) is 24.7 Å². The number of nitrogens with two attached hydrogens (primary N) is 1. The van der Waals surface area contributed by atoms with Gasteiger partial charge >= 0.3 is 5.97 Å². The molecule has 29 heavy (non-hydrogen) atoms. The Bertz CT molecular complexity index is 898. The molecular weight excluding hydrogens is 378 g/mol. The molecule has 0 bridgehead atoms. The van der Waals surface area contributed by atoms with Crippen LogP contribution in [0.4, 0.5) is 5.69 Å². The van der Waals surface area contributed by atoms with E-state index in [9.17, 15) is 4.79 Å². The zero-order chi connectivity index (χ0) is 21.0. The highest BCUT2D eigenvalue weighted by molar-refractivity contribution is 5.68. The standard InChI is InChI=1S/C18H25N7O4/c1-3-12-14(25-6-7-28-11(9-25)8-16(26)27)5-4-13(21-12)17-15(10-29-18(19)20)24(2)23-22-17/h4-5,11H,3,6-10H2,1-2H3,(H3,19,20)(H,26,27). The molecule has 11 heteroatoms. The number of rotatable bonds is 7. The Kier molecular flexibility index (Phi) is 6.27. The van der Waals surface area contributed by atoms with Crippen LogP contribution in [0.5, 0.6) is 0 Å². The van der Waals surface area contributed by atoms with Gasteiger partial charge in [0.15, 0.2) is 0 Å². The van der Waals surface area contributed by atoms with Crippen molar-refractivity contribution in [2.75, 3.05) is 24.6 Å². The summed E-state index contributed by atoms with van der Waals surface area (Å²) >= 11 is 0. The first kappa shape index (κ1) is 20.5. The molecule has 3 heterocycles. The first-order valence-electron chi connectivity index (χ1n) is 9.33. The number of carboxylic acids is 1. The van der Waals surface area contributed by atoms with Gasteiger partial charge in [-0.15, -0.1) is 5.10 Å². The minimum atomic E-state index is -0.871. The number of nitrogens with one attached hydrogen (secondary N) is 1. The lowest BCUT2D eigenvalue weighted by molar-refractivity contribution is -0.140. The molecule has 0 saturated carbocycles. The highest BCUT2D eigenvalue weighted by Gasteiger charge is 2.25. The van der Waals surface area contributed by atoms with Crippen LogP contribution in [-0.2, 0) is 34.3 Å². The molecule has 1 fully saturated rings. The number of aromatic nitrogens is 4. The topological polar surface area (TPSA) is 152 Å². The molecule has 1 saturated heterocycles. The van der Waals surface area contributed by atoms with Crippen LogP contribution in [0.15, 0.2) is 12.1 Å². The van der Waals surface area contributed by atoms with Crippen LogP contribution in [0.2, 0.25) is 0 Å². The van der Waals surface area contributed by atoms with Crippen LogP contribution < -0.4 is 10.6 Å². The van der Waals surface area contributed by atoms with E-state index in [1.54, 1.807) is 11.7 Å². The van der Waals surface area contributed by atoms with Crippen molar-refractivity contribution in [3.8, 4) is 11.4 Å². The number of carbonyl (C=O) groups is 1. The van der Waals surface area contributed by atoms with Crippen LogP contribution in [0, 0.1) is 5.41 Å². The van der Waals surface area contributed by atoms with Gasteiger partial charge in [0.1, 0.15) is 18.0 Å². The van der Waals surface area contributed by atoms with Crippen molar-refractivity contribution in [3.05, 3.63) is 23.5 Å². The van der Waals surface area contributed by atoms with Gasteiger partial charge in [-0.2, -0.15) is 0 Å². The summed E-state index contributed by atoms with van der Waals surface area (Å²) in [4.78, 5) is 17.9. The third kappa shape index (κ3) is 4.80. The lowest BCUT2D eigenvalue weighted by Crippen LogP contribution is -2.43. The second-order valence-corrected chi connectivity index (χ2v) is 6.71. The Morgan fingerprint density at radius 2 is 2.28 bits per heavy atom. The number of anilines is 1. The SMILES string of the molecule is CCc1nc(-c2nnn(C)c2COC(=N)N)ccc1N1CCOC(CC(=O)O)C1. The number of ether oxygens (including phenoxy) is 2. The number of aliphatic carboxylic acids is 1. The Morgan fingerprint density at radius 1 is 1.48 bits per heavy atom. The number of hydrogen-bond donors (Lipinski definition) is 3. The van der Waals surface area contributed by atoms with Crippen molar-refractivity contribution in [1.29, 1.82) is 5.41 Å². The third-order valence-corrected chi connectivity index (χ3v) is 4.72. The van der Waals surface area contributed by atoms with Crippen molar-refractivity contribution < 1.29 is 19.4 Å². The lowest BCUT2D eigenvalue weighted by Gasteiger charge is -2.34. The first-order chi connectivity index (χ1) is 13.9. The average Bonchev–Trinajstić information content (AvgIpc) is 3.06. The summed E-state index contributed by atoms with van der Waals surface area (Å²) in [5.41, 5.74) is 9.00. The molecule has 4 N–H and O–H groups in total. The molecule has 1 unspecified atom stereocenters. The molecule has 0 aliphatic carbocycles. The summed E-state index contributed by atoms with van der Waals surface area (Å²) < 4.78 is 12.2. The third-order valence-electron chi connectivity index (χ3n) is 4.72. The fraction of sp³-hybridized carbons (Fsp3) is 0.500. The fourth-order valence-electron chi connectivity index (χ4n) is 3.31. The van der Waals surface area contributed by atoms with E-state index in [1.165, 1.54) is 0 Å². The van der Waals surface area contributed by atoms with Crippen molar-refractivity contribution in [2.24, 2.45) is 12.8 Å². The van der Waals surface area contributed by atoms with Gasteiger partial charge in [0.25, 0.3) is 6.02 Å². The molecule has 156 valence electrons. The normalized spacial score (nSPS) is 16.6. The zero-order valence-electron chi connectivity index (χ0n) is 16.5. The Hall–Kier alpha value is -3.21.